The summed E-state index contributed by atoms with van der Waals surface area (Å²) in [5.74, 6) is 0. The van der Waals surface area contributed by atoms with Crippen molar-refractivity contribution >= 4 is 0 Å². The van der Waals surface area contributed by atoms with Gasteiger partial charge in [0.15, 0.2) is 0 Å². The van der Waals surface area contributed by atoms with E-state index in [4.69, 9.17) is 0 Å². The quantitative estimate of drug-likeness (QED) is 0.493. The lowest BCUT2D eigenvalue weighted by Gasteiger charge is -2.32. The Kier molecular flexibility index (Phi) is 3.70. The molecule has 4 heteroatoms. The molecule has 0 N–H and O–H groups in total. The fourth-order valence-electron chi connectivity index (χ4n) is 1.51. The third kappa shape index (κ3) is 5.44. The van der Waals surface area contributed by atoms with Crippen molar-refractivity contribution in [1.29, 1.82) is 0 Å². The topological polar surface area (TPSA) is 52.4 Å². The maximum atomic E-state index is 10.2. The molecule has 0 radical (unpaired) electrons. The van der Waals surface area contributed by atoms with Crippen LogP contribution in [0.5, 0.6) is 0 Å². The highest BCUT2D eigenvalue weighted by Crippen LogP contribution is 2.32. The van der Waals surface area contributed by atoms with E-state index in [0.717, 1.165) is 6.42 Å². The predicted octanol–water partition coefficient (Wildman–Crippen LogP) is 2.80. The Bertz CT molecular complexity index is 187. The molecule has 0 aromatic rings. The monoisotopic (exact) mass is 189 g/mol. The van der Waals surface area contributed by atoms with Crippen molar-refractivity contribution in [3.05, 3.63) is 10.1 Å². The molecule has 0 atom stereocenters. The third-order valence-electron chi connectivity index (χ3n) is 2.18. The summed E-state index contributed by atoms with van der Waals surface area (Å²) < 4.78 is 0. The molecule has 0 aliphatic heterocycles. The first-order chi connectivity index (χ1) is 5.68. The van der Waals surface area contributed by atoms with Crippen LogP contribution >= 0.6 is 0 Å². The molecule has 0 amide bonds. The van der Waals surface area contributed by atoms with Crippen molar-refractivity contribution in [1.82, 2.24) is 0 Å². The van der Waals surface area contributed by atoms with Gasteiger partial charge in [-0.05, 0) is 25.7 Å². The van der Waals surface area contributed by atoms with Gasteiger partial charge in [0.05, 0.1) is 0 Å². The van der Waals surface area contributed by atoms with E-state index in [2.05, 4.69) is 25.6 Å². The van der Waals surface area contributed by atoms with Crippen molar-refractivity contribution < 1.29 is 9.92 Å². The van der Waals surface area contributed by atoms with Gasteiger partial charge in [0.2, 0.25) is 0 Å². The molecular formula is C9H19NO3. The van der Waals surface area contributed by atoms with Crippen molar-refractivity contribution in [2.45, 2.75) is 53.1 Å². The number of nitrogens with zero attached hydrogens (tertiary/aromatic N) is 1. The van der Waals surface area contributed by atoms with Crippen LogP contribution in [-0.2, 0) is 4.84 Å². The summed E-state index contributed by atoms with van der Waals surface area (Å²) >= 11 is 0. The molecule has 0 aliphatic rings. The average molecular weight is 189 g/mol. The van der Waals surface area contributed by atoms with Crippen molar-refractivity contribution in [2.75, 3.05) is 0 Å². The maximum Gasteiger partial charge on any atom is 0.295 e. The van der Waals surface area contributed by atoms with Gasteiger partial charge < -0.3 is 4.84 Å². The fourth-order valence-corrected chi connectivity index (χ4v) is 1.51. The molecule has 0 saturated carbocycles. The summed E-state index contributed by atoms with van der Waals surface area (Å²) in [5, 5.41) is 9.46. The lowest BCUT2D eigenvalue weighted by atomic mass is 9.80. The summed E-state index contributed by atoms with van der Waals surface area (Å²) in [6, 6.07) is 0. The second-order valence-corrected chi connectivity index (χ2v) is 4.77. The van der Waals surface area contributed by atoms with Crippen LogP contribution in [-0.4, -0.2) is 10.7 Å². The van der Waals surface area contributed by atoms with Gasteiger partial charge >= 0.3 is 0 Å². The second kappa shape index (κ2) is 3.94. The highest BCUT2D eigenvalue weighted by Gasteiger charge is 2.30. The van der Waals surface area contributed by atoms with E-state index in [0.29, 0.717) is 6.42 Å². The van der Waals surface area contributed by atoms with E-state index in [1.807, 2.05) is 0 Å². The molecule has 13 heavy (non-hydrogen) atoms. The van der Waals surface area contributed by atoms with Gasteiger partial charge in [-0.15, -0.1) is 10.1 Å². The molecule has 0 aromatic carbocycles. The number of hydrogen-bond donors (Lipinski definition) is 0. The zero-order valence-electron chi connectivity index (χ0n) is 9.09. The number of hydrogen-bond acceptors (Lipinski definition) is 3. The molecule has 0 aliphatic carbocycles. The van der Waals surface area contributed by atoms with Gasteiger partial charge in [-0.1, -0.05) is 27.2 Å². The molecule has 78 valence electrons. The molecule has 0 fully saturated rings. The van der Waals surface area contributed by atoms with Gasteiger partial charge in [-0.2, -0.15) is 0 Å². The van der Waals surface area contributed by atoms with Crippen LogP contribution in [0.4, 0.5) is 0 Å². The van der Waals surface area contributed by atoms with Gasteiger partial charge in [0, 0.05) is 0 Å². The molecule has 0 rings (SSSR count). The first kappa shape index (κ1) is 12.2. The molecule has 0 bridgehead atoms. The van der Waals surface area contributed by atoms with E-state index >= 15 is 0 Å². The van der Waals surface area contributed by atoms with Crippen molar-refractivity contribution in [2.24, 2.45) is 5.41 Å². The van der Waals surface area contributed by atoms with E-state index < -0.39 is 10.7 Å². The lowest BCUT2D eigenvalue weighted by Crippen LogP contribution is -2.33. The molecule has 0 unspecified atom stereocenters. The van der Waals surface area contributed by atoms with E-state index in [9.17, 15) is 10.1 Å². The Morgan fingerprint density at radius 1 is 1.31 bits per heavy atom. The Morgan fingerprint density at radius 2 is 1.77 bits per heavy atom. The van der Waals surface area contributed by atoms with Gasteiger partial charge in [0.1, 0.15) is 5.60 Å². The first-order valence-electron chi connectivity index (χ1n) is 4.52. The van der Waals surface area contributed by atoms with Gasteiger partial charge in [-0.3, -0.25) is 0 Å². The zero-order valence-corrected chi connectivity index (χ0v) is 9.09. The van der Waals surface area contributed by atoms with Gasteiger partial charge in [0.25, 0.3) is 5.09 Å². The Hall–Kier alpha value is -0.800. The highest BCUT2D eigenvalue weighted by atomic mass is 17.0. The standard InChI is InChI=1S/C9H19NO3/c1-6-8(2,3)7-9(4,5)13-10(11)12/h6-7H2,1-5H3. The number of rotatable bonds is 5. The van der Waals surface area contributed by atoms with Crippen molar-refractivity contribution in [3.63, 3.8) is 0 Å². The summed E-state index contributed by atoms with van der Waals surface area (Å²) in [7, 11) is 0. The molecule has 0 saturated heterocycles. The average Bonchev–Trinajstić information content (AvgIpc) is 1.81. The van der Waals surface area contributed by atoms with Crippen LogP contribution in [0, 0.1) is 15.5 Å². The summed E-state index contributed by atoms with van der Waals surface area (Å²) in [6.45, 7) is 9.72. The molecule has 0 spiro atoms. The molecule has 0 heterocycles. The zero-order chi connectivity index (χ0) is 10.7. The van der Waals surface area contributed by atoms with E-state index in [1.54, 1.807) is 13.8 Å². The predicted molar refractivity (Wildman–Crippen MR) is 50.8 cm³/mol. The second-order valence-electron chi connectivity index (χ2n) is 4.77. The normalized spacial score (nSPS) is 12.7. The largest absolute Gasteiger partial charge is 0.308 e. The summed E-state index contributed by atoms with van der Waals surface area (Å²) in [4.78, 5) is 14.8. The van der Waals surface area contributed by atoms with E-state index in [-0.39, 0.29) is 5.41 Å². The van der Waals surface area contributed by atoms with Crippen LogP contribution in [0.15, 0.2) is 0 Å². The first-order valence-corrected chi connectivity index (χ1v) is 4.52. The Labute approximate surface area is 79.4 Å². The minimum atomic E-state index is -0.717. The Morgan fingerprint density at radius 3 is 2.08 bits per heavy atom. The van der Waals surface area contributed by atoms with Crippen LogP contribution in [0.2, 0.25) is 0 Å². The minimum Gasteiger partial charge on any atom is -0.308 e. The smallest absolute Gasteiger partial charge is 0.295 e. The van der Waals surface area contributed by atoms with Crippen LogP contribution in [0.3, 0.4) is 0 Å². The lowest BCUT2D eigenvalue weighted by molar-refractivity contribution is -0.780. The maximum absolute atomic E-state index is 10.2. The van der Waals surface area contributed by atoms with Gasteiger partial charge in [-0.25, -0.2) is 0 Å². The fraction of sp³-hybridized carbons (Fsp3) is 1.00. The summed E-state index contributed by atoms with van der Waals surface area (Å²) in [6.07, 6.45) is 1.66. The van der Waals surface area contributed by atoms with Crippen LogP contribution < -0.4 is 0 Å². The Balaban J connectivity index is 4.24. The van der Waals surface area contributed by atoms with Crippen LogP contribution in [0.1, 0.15) is 47.5 Å². The SMILES string of the molecule is CCC(C)(C)CC(C)(C)O[N+](=O)[O-]. The molecular weight excluding hydrogens is 170 g/mol. The third-order valence-corrected chi connectivity index (χ3v) is 2.18. The minimum absolute atomic E-state index is 0.0828. The van der Waals surface area contributed by atoms with Crippen LogP contribution in [0.25, 0.3) is 0 Å². The summed E-state index contributed by atoms with van der Waals surface area (Å²) in [5.41, 5.74) is -0.609. The highest BCUT2D eigenvalue weighted by molar-refractivity contribution is 4.77. The molecule has 4 nitrogen and oxygen atoms in total. The molecule has 0 aromatic heterocycles. The van der Waals surface area contributed by atoms with Crippen molar-refractivity contribution in [3.8, 4) is 0 Å². The van der Waals surface area contributed by atoms with E-state index in [1.165, 1.54) is 0 Å².